The third-order valence-electron chi connectivity index (χ3n) is 4.23. The molecule has 1 unspecified atom stereocenters. The summed E-state index contributed by atoms with van der Waals surface area (Å²) in [5.41, 5.74) is 0.473. The predicted octanol–water partition coefficient (Wildman–Crippen LogP) is 2.14. The summed E-state index contributed by atoms with van der Waals surface area (Å²) >= 11 is 6.21. The lowest BCUT2D eigenvalue weighted by molar-refractivity contribution is -0.122. The van der Waals surface area contributed by atoms with E-state index >= 15 is 0 Å². The van der Waals surface area contributed by atoms with E-state index in [1.807, 2.05) is 6.92 Å². The number of anilines is 2. The Balaban J connectivity index is 1.83. The molecular formula is C15H18ClN3O3. The summed E-state index contributed by atoms with van der Waals surface area (Å²) in [6.07, 6.45) is 2.51. The highest BCUT2D eigenvalue weighted by Gasteiger charge is 2.39. The van der Waals surface area contributed by atoms with Crippen LogP contribution in [0.5, 0.6) is 5.75 Å². The van der Waals surface area contributed by atoms with E-state index in [1.54, 1.807) is 12.1 Å². The largest absolute Gasteiger partial charge is 0.482 e. The van der Waals surface area contributed by atoms with Gasteiger partial charge in [-0.25, -0.2) is 0 Å². The number of rotatable bonds is 3. The number of carbonyl (C=O) groups excluding carboxylic acids is 2. The van der Waals surface area contributed by atoms with E-state index in [4.69, 9.17) is 16.3 Å². The molecule has 0 bridgehead atoms. The Labute approximate surface area is 133 Å². The van der Waals surface area contributed by atoms with Gasteiger partial charge in [0.1, 0.15) is 5.75 Å². The van der Waals surface area contributed by atoms with Gasteiger partial charge in [-0.15, -0.1) is 0 Å². The van der Waals surface area contributed by atoms with Crippen molar-refractivity contribution in [3.63, 3.8) is 0 Å². The van der Waals surface area contributed by atoms with Crippen LogP contribution in [0.1, 0.15) is 26.2 Å². The molecule has 1 aromatic rings. The number of benzene rings is 1. The van der Waals surface area contributed by atoms with Crippen LogP contribution in [0.25, 0.3) is 0 Å². The van der Waals surface area contributed by atoms with E-state index in [1.165, 1.54) is 0 Å². The quantitative estimate of drug-likeness (QED) is 0.796. The van der Waals surface area contributed by atoms with Crippen molar-refractivity contribution in [2.75, 3.05) is 23.8 Å². The van der Waals surface area contributed by atoms with Crippen LogP contribution in [0.2, 0.25) is 5.02 Å². The first kappa shape index (κ1) is 15.1. The predicted molar refractivity (Wildman–Crippen MR) is 84.5 cm³/mol. The Kier molecular flexibility index (Phi) is 3.97. The SMILES string of the molecule is CCC1(C(=O)Nc2cc3c(cc2Cl)NC(=O)CO3)CCCN1. The smallest absolute Gasteiger partial charge is 0.262 e. The van der Waals surface area contributed by atoms with Gasteiger partial charge >= 0.3 is 0 Å². The fourth-order valence-electron chi connectivity index (χ4n) is 2.90. The average Bonchev–Trinajstić information content (AvgIpc) is 2.98. The van der Waals surface area contributed by atoms with E-state index in [-0.39, 0.29) is 18.4 Å². The van der Waals surface area contributed by atoms with Gasteiger partial charge in [0.25, 0.3) is 5.91 Å². The van der Waals surface area contributed by atoms with Crippen LogP contribution in [0.3, 0.4) is 0 Å². The molecular weight excluding hydrogens is 306 g/mol. The molecule has 0 aliphatic carbocycles. The first-order valence-electron chi connectivity index (χ1n) is 7.37. The van der Waals surface area contributed by atoms with Gasteiger partial charge < -0.3 is 20.7 Å². The fraction of sp³-hybridized carbons (Fsp3) is 0.467. The number of halogens is 1. The third kappa shape index (κ3) is 2.64. The first-order chi connectivity index (χ1) is 10.5. The van der Waals surface area contributed by atoms with Gasteiger partial charge in [0.05, 0.1) is 21.9 Å². The highest BCUT2D eigenvalue weighted by atomic mass is 35.5. The monoisotopic (exact) mass is 323 g/mol. The van der Waals surface area contributed by atoms with Crippen LogP contribution in [0.4, 0.5) is 11.4 Å². The lowest BCUT2D eigenvalue weighted by Crippen LogP contribution is -2.50. The normalized spacial score (nSPS) is 23.5. The number of fused-ring (bicyclic) bond motifs is 1. The number of nitrogens with one attached hydrogen (secondary N) is 3. The van der Waals surface area contributed by atoms with Crippen LogP contribution in [-0.2, 0) is 9.59 Å². The molecule has 2 heterocycles. The molecule has 0 radical (unpaired) electrons. The molecule has 22 heavy (non-hydrogen) atoms. The van der Waals surface area contributed by atoms with Crippen molar-refractivity contribution in [3.05, 3.63) is 17.2 Å². The fourth-order valence-corrected chi connectivity index (χ4v) is 3.11. The maximum Gasteiger partial charge on any atom is 0.262 e. The van der Waals surface area contributed by atoms with Crippen molar-refractivity contribution < 1.29 is 14.3 Å². The van der Waals surface area contributed by atoms with Crippen molar-refractivity contribution in [2.45, 2.75) is 31.7 Å². The molecule has 1 aromatic carbocycles. The molecule has 3 N–H and O–H groups in total. The molecule has 1 fully saturated rings. The van der Waals surface area contributed by atoms with Crippen LogP contribution in [0, 0.1) is 0 Å². The summed E-state index contributed by atoms with van der Waals surface area (Å²) in [4.78, 5) is 23.9. The summed E-state index contributed by atoms with van der Waals surface area (Å²) in [5, 5.41) is 9.21. The zero-order chi connectivity index (χ0) is 15.7. The van der Waals surface area contributed by atoms with Crippen molar-refractivity contribution in [1.29, 1.82) is 0 Å². The van der Waals surface area contributed by atoms with Crippen molar-refractivity contribution in [3.8, 4) is 5.75 Å². The van der Waals surface area contributed by atoms with Crippen LogP contribution in [0.15, 0.2) is 12.1 Å². The standard InChI is InChI=1S/C15H18ClN3O3/c1-2-15(4-3-5-17-15)14(21)19-10-7-12-11(6-9(10)16)18-13(20)8-22-12/h6-7,17H,2-5,8H2,1H3,(H,18,20)(H,19,21). The van der Waals surface area contributed by atoms with Crippen molar-refractivity contribution in [1.82, 2.24) is 5.32 Å². The second-order valence-electron chi connectivity index (χ2n) is 5.59. The van der Waals surface area contributed by atoms with E-state index in [2.05, 4.69) is 16.0 Å². The summed E-state index contributed by atoms with van der Waals surface area (Å²) < 4.78 is 5.35. The lowest BCUT2D eigenvalue weighted by Gasteiger charge is -2.27. The molecule has 6 nitrogen and oxygen atoms in total. The minimum absolute atomic E-state index is 0.0392. The molecule has 0 spiro atoms. The van der Waals surface area contributed by atoms with Gasteiger partial charge in [0, 0.05) is 6.07 Å². The molecule has 0 aromatic heterocycles. The van der Waals surface area contributed by atoms with Gasteiger partial charge in [0.15, 0.2) is 6.61 Å². The van der Waals surface area contributed by atoms with Gasteiger partial charge in [-0.3, -0.25) is 9.59 Å². The lowest BCUT2D eigenvalue weighted by atomic mass is 9.93. The highest BCUT2D eigenvalue weighted by Crippen LogP contribution is 2.37. The Morgan fingerprint density at radius 3 is 3.00 bits per heavy atom. The topological polar surface area (TPSA) is 79.5 Å². The molecule has 2 amide bonds. The Bertz CT molecular complexity index is 627. The van der Waals surface area contributed by atoms with E-state index in [9.17, 15) is 9.59 Å². The Morgan fingerprint density at radius 1 is 1.50 bits per heavy atom. The number of ether oxygens (including phenoxy) is 1. The molecule has 1 saturated heterocycles. The number of hydrogen-bond donors (Lipinski definition) is 3. The van der Waals surface area contributed by atoms with Gasteiger partial charge in [-0.1, -0.05) is 18.5 Å². The van der Waals surface area contributed by atoms with Gasteiger partial charge in [-0.05, 0) is 31.9 Å². The maximum atomic E-state index is 12.6. The summed E-state index contributed by atoms with van der Waals surface area (Å²) in [6, 6.07) is 3.23. The van der Waals surface area contributed by atoms with Crippen molar-refractivity contribution >= 4 is 34.8 Å². The average molecular weight is 324 g/mol. The second kappa shape index (κ2) is 5.78. The molecule has 118 valence electrons. The van der Waals surface area contributed by atoms with Crippen LogP contribution >= 0.6 is 11.6 Å². The van der Waals surface area contributed by atoms with E-state index in [0.29, 0.717) is 28.6 Å². The van der Waals surface area contributed by atoms with E-state index in [0.717, 1.165) is 19.4 Å². The van der Waals surface area contributed by atoms with Gasteiger partial charge in [-0.2, -0.15) is 0 Å². The highest BCUT2D eigenvalue weighted by molar-refractivity contribution is 6.34. The second-order valence-corrected chi connectivity index (χ2v) is 5.99. The summed E-state index contributed by atoms with van der Waals surface area (Å²) in [6.45, 7) is 2.79. The summed E-state index contributed by atoms with van der Waals surface area (Å²) in [5.74, 6) is 0.193. The molecule has 2 aliphatic rings. The maximum absolute atomic E-state index is 12.6. The zero-order valence-corrected chi connectivity index (χ0v) is 13.0. The zero-order valence-electron chi connectivity index (χ0n) is 12.3. The van der Waals surface area contributed by atoms with E-state index < -0.39 is 5.54 Å². The minimum atomic E-state index is -0.533. The third-order valence-corrected chi connectivity index (χ3v) is 4.54. The van der Waals surface area contributed by atoms with Crippen LogP contribution < -0.4 is 20.7 Å². The first-order valence-corrected chi connectivity index (χ1v) is 7.74. The molecule has 3 rings (SSSR count). The molecule has 2 aliphatic heterocycles. The van der Waals surface area contributed by atoms with Crippen molar-refractivity contribution in [2.24, 2.45) is 0 Å². The molecule has 7 heteroatoms. The molecule has 0 saturated carbocycles. The Hall–Kier alpha value is -1.79. The number of hydrogen-bond acceptors (Lipinski definition) is 4. The minimum Gasteiger partial charge on any atom is -0.482 e. The van der Waals surface area contributed by atoms with Crippen LogP contribution in [-0.4, -0.2) is 30.5 Å². The molecule has 1 atom stereocenters. The van der Waals surface area contributed by atoms with Gasteiger partial charge in [0.2, 0.25) is 5.91 Å². The number of carbonyl (C=O) groups is 2. The Morgan fingerprint density at radius 2 is 2.32 bits per heavy atom. The number of amides is 2. The summed E-state index contributed by atoms with van der Waals surface area (Å²) in [7, 11) is 0.